The van der Waals surface area contributed by atoms with Crippen LogP contribution in [-0.4, -0.2) is 19.6 Å². The molecule has 1 aliphatic rings. The lowest BCUT2D eigenvalue weighted by atomic mass is 9.91. The van der Waals surface area contributed by atoms with Crippen LogP contribution in [0.4, 0.5) is 5.69 Å². The summed E-state index contributed by atoms with van der Waals surface area (Å²) < 4.78 is 0. The van der Waals surface area contributed by atoms with Crippen LogP contribution in [0, 0.1) is 0 Å². The standard InChI is InChI=1S/C18H19Cl3N2/c1-22-15-8-9-23(17-7-6-14(20)10-16(17)21)18(11-15)12-2-4-13(19)5-3-12/h2-7,10,15,18,22H,8-9,11H2,1H3/t15-,18-/m1/s1. The Kier molecular flexibility index (Phi) is 5.38. The summed E-state index contributed by atoms with van der Waals surface area (Å²) in [7, 11) is 2.02. The number of rotatable bonds is 3. The number of hydrogen-bond acceptors (Lipinski definition) is 2. The molecular formula is C18H19Cl3N2. The van der Waals surface area contributed by atoms with Crippen molar-refractivity contribution in [2.24, 2.45) is 0 Å². The largest absolute Gasteiger partial charge is 0.363 e. The lowest BCUT2D eigenvalue weighted by Gasteiger charge is -2.41. The van der Waals surface area contributed by atoms with Crippen LogP contribution in [0.25, 0.3) is 0 Å². The molecule has 0 bridgehead atoms. The van der Waals surface area contributed by atoms with Gasteiger partial charge in [-0.15, -0.1) is 0 Å². The molecule has 1 fully saturated rings. The SMILES string of the molecule is CN[C@@H]1CCN(c2ccc(Cl)cc2Cl)[C@@H](c2ccc(Cl)cc2)C1. The minimum Gasteiger partial charge on any atom is -0.363 e. The van der Waals surface area contributed by atoms with Crippen LogP contribution >= 0.6 is 34.8 Å². The van der Waals surface area contributed by atoms with Crippen molar-refractivity contribution in [2.45, 2.75) is 24.9 Å². The fraction of sp³-hybridized carbons (Fsp3) is 0.333. The maximum Gasteiger partial charge on any atom is 0.0654 e. The summed E-state index contributed by atoms with van der Waals surface area (Å²) >= 11 is 18.5. The van der Waals surface area contributed by atoms with Gasteiger partial charge in [0.1, 0.15) is 0 Å². The van der Waals surface area contributed by atoms with Crippen LogP contribution in [0.1, 0.15) is 24.4 Å². The Morgan fingerprint density at radius 3 is 2.35 bits per heavy atom. The zero-order chi connectivity index (χ0) is 16.4. The van der Waals surface area contributed by atoms with Gasteiger partial charge in [0.15, 0.2) is 0 Å². The lowest BCUT2D eigenvalue weighted by Crippen LogP contribution is -2.43. The molecule has 122 valence electrons. The van der Waals surface area contributed by atoms with Gasteiger partial charge in [-0.05, 0) is 55.8 Å². The van der Waals surface area contributed by atoms with E-state index in [4.69, 9.17) is 34.8 Å². The minimum atomic E-state index is 0.261. The Labute approximate surface area is 152 Å². The quantitative estimate of drug-likeness (QED) is 0.760. The second-order valence-electron chi connectivity index (χ2n) is 5.87. The molecule has 1 heterocycles. The molecule has 1 aliphatic heterocycles. The van der Waals surface area contributed by atoms with Crippen molar-refractivity contribution < 1.29 is 0 Å². The first-order chi connectivity index (χ1) is 11.1. The second kappa shape index (κ2) is 7.31. The molecule has 0 saturated carbocycles. The first kappa shape index (κ1) is 16.9. The van der Waals surface area contributed by atoms with Crippen LogP contribution in [0.15, 0.2) is 42.5 Å². The number of piperidine rings is 1. The normalized spacial score (nSPS) is 21.5. The predicted molar refractivity (Wildman–Crippen MR) is 100 cm³/mol. The highest BCUT2D eigenvalue weighted by Gasteiger charge is 2.30. The third kappa shape index (κ3) is 3.77. The number of benzene rings is 2. The zero-order valence-electron chi connectivity index (χ0n) is 12.9. The van der Waals surface area contributed by atoms with Crippen LogP contribution in [0.2, 0.25) is 15.1 Å². The number of hydrogen-bond donors (Lipinski definition) is 1. The van der Waals surface area contributed by atoms with Crippen molar-refractivity contribution >= 4 is 40.5 Å². The van der Waals surface area contributed by atoms with Crippen molar-refractivity contribution in [3.05, 3.63) is 63.1 Å². The second-order valence-corrected chi connectivity index (χ2v) is 7.15. The topological polar surface area (TPSA) is 15.3 Å². The average Bonchev–Trinajstić information content (AvgIpc) is 2.55. The van der Waals surface area contributed by atoms with Crippen molar-refractivity contribution in [3.63, 3.8) is 0 Å². The van der Waals surface area contributed by atoms with E-state index in [2.05, 4.69) is 22.3 Å². The summed E-state index contributed by atoms with van der Waals surface area (Å²) in [6, 6.07) is 14.6. The molecule has 5 heteroatoms. The van der Waals surface area contributed by atoms with Gasteiger partial charge in [0.25, 0.3) is 0 Å². The molecule has 0 unspecified atom stereocenters. The number of nitrogens with zero attached hydrogens (tertiary/aromatic N) is 1. The van der Waals surface area contributed by atoms with Crippen LogP contribution in [0.3, 0.4) is 0 Å². The highest BCUT2D eigenvalue weighted by atomic mass is 35.5. The van der Waals surface area contributed by atoms with Crippen LogP contribution in [-0.2, 0) is 0 Å². The van der Waals surface area contributed by atoms with Gasteiger partial charge >= 0.3 is 0 Å². The van der Waals surface area contributed by atoms with E-state index < -0.39 is 0 Å². The van der Waals surface area contributed by atoms with Gasteiger partial charge < -0.3 is 10.2 Å². The van der Waals surface area contributed by atoms with Crippen molar-refractivity contribution in [1.29, 1.82) is 0 Å². The van der Waals surface area contributed by atoms with Crippen LogP contribution in [0.5, 0.6) is 0 Å². The molecule has 2 aromatic rings. The third-order valence-electron chi connectivity index (χ3n) is 4.48. The van der Waals surface area contributed by atoms with Gasteiger partial charge in [0, 0.05) is 22.6 Å². The van der Waals surface area contributed by atoms with Gasteiger partial charge in [-0.2, -0.15) is 0 Å². The Balaban J connectivity index is 1.97. The monoisotopic (exact) mass is 368 g/mol. The number of halogens is 3. The van der Waals surface area contributed by atoms with Gasteiger partial charge in [-0.1, -0.05) is 46.9 Å². The first-order valence-corrected chi connectivity index (χ1v) is 8.86. The zero-order valence-corrected chi connectivity index (χ0v) is 15.2. The Morgan fingerprint density at radius 2 is 1.70 bits per heavy atom. The van der Waals surface area contributed by atoms with E-state index in [0.717, 1.165) is 30.1 Å². The molecule has 0 aromatic heterocycles. The molecule has 0 radical (unpaired) electrons. The molecule has 0 aliphatic carbocycles. The highest BCUT2D eigenvalue weighted by molar-refractivity contribution is 6.36. The molecule has 2 nitrogen and oxygen atoms in total. The fourth-order valence-corrected chi connectivity index (χ4v) is 3.87. The Morgan fingerprint density at radius 1 is 1.00 bits per heavy atom. The van der Waals surface area contributed by atoms with Gasteiger partial charge in [-0.3, -0.25) is 0 Å². The Bertz CT molecular complexity index is 672. The minimum absolute atomic E-state index is 0.261. The van der Waals surface area contributed by atoms with Gasteiger partial charge in [0.05, 0.1) is 16.8 Å². The number of nitrogens with one attached hydrogen (secondary N) is 1. The van der Waals surface area contributed by atoms with Crippen LogP contribution < -0.4 is 10.2 Å². The molecule has 0 spiro atoms. The smallest absolute Gasteiger partial charge is 0.0654 e. The van der Waals surface area contributed by atoms with Crippen molar-refractivity contribution in [1.82, 2.24) is 5.32 Å². The molecule has 2 aromatic carbocycles. The van der Waals surface area contributed by atoms with E-state index in [-0.39, 0.29) is 6.04 Å². The van der Waals surface area contributed by atoms with Crippen molar-refractivity contribution in [2.75, 3.05) is 18.5 Å². The Hall–Kier alpha value is -0.930. The van der Waals surface area contributed by atoms with Gasteiger partial charge in [0.2, 0.25) is 0 Å². The van der Waals surface area contributed by atoms with E-state index in [1.165, 1.54) is 5.56 Å². The molecule has 1 saturated heterocycles. The predicted octanol–water partition coefficient (Wildman–Crippen LogP) is 5.58. The van der Waals surface area contributed by atoms with Crippen molar-refractivity contribution in [3.8, 4) is 0 Å². The molecule has 2 atom stereocenters. The molecular weight excluding hydrogens is 351 g/mol. The summed E-state index contributed by atoms with van der Waals surface area (Å²) in [6.45, 7) is 0.945. The molecule has 0 amide bonds. The fourth-order valence-electron chi connectivity index (χ4n) is 3.23. The summed E-state index contributed by atoms with van der Waals surface area (Å²) in [5, 5.41) is 5.51. The number of anilines is 1. The molecule has 23 heavy (non-hydrogen) atoms. The van der Waals surface area contributed by atoms with E-state index >= 15 is 0 Å². The maximum atomic E-state index is 6.45. The average molecular weight is 370 g/mol. The molecule has 3 rings (SSSR count). The summed E-state index contributed by atoms with van der Waals surface area (Å²) in [6.07, 6.45) is 2.11. The third-order valence-corrected chi connectivity index (χ3v) is 5.27. The highest BCUT2D eigenvalue weighted by Crippen LogP contribution is 2.39. The summed E-state index contributed by atoms with van der Waals surface area (Å²) in [5.74, 6) is 0. The van der Waals surface area contributed by atoms with E-state index in [1.807, 2.05) is 37.4 Å². The lowest BCUT2D eigenvalue weighted by molar-refractivity contribution is 0.378. The summed E-state index contributed by atoms with van der Waals surface area (Å²) in [4.78, 5) is 2.37. The van der Waals surface area contributed by atoms with E-state index in [0.29, 0.717) is 16.1 Å². The van der Waals surface area contributed by atoms with E-state index in [1.54, 1.807) is 0 Å². The summed E-state index contributed by atoms with van der Waals surface area (Å²) in [5.41, 5.74) is 2.28. The van der Waals surface area contributed by atoms with E-state index in [9.17, 15) is 0 Å². The first-order valence-electron chi connectivity index (χ1n) is 7.73. The molecule has 1 N–H and O–H groups in total. The maximum absolute atomic E-state index is 6.45. The van der Waals surface area contributed by atoms with Gasteiger partial charge in [-0.25, -0.2) is 0 Å².